The van der Waals surface area contributed by atoms with Crippen molar-refractivity contribution < 1.29 is 9.21 Å². The van der Waals surface area contributed by atoms with Gasteiger partial charge in [-0.1, -0.05) is 28.1 Å². The van der Waals surface area contributed by atoms with E-state index in [1.54, 1.807) is 19.0 Å². The summed E-state index contributed by atoms with van der Waals surface area (Å²) in [6, 6.07) is 11.8. The van der Waals surface area contributed by atoms with Gasteiger partial charge in [0.25, 0.3) is 0 Å². The topological polar surface area (TPSA) is 69.9 Å². The van der Waals surface area contributed by atoms with Gasteiger partial charge in [-0.2, -0.15) is 0 Å². The Balaban J connectivity index is 2.07. The number of amides is 1. The van der Waals surface area contributed by atoms with Gasteiger partial charge in [-0.25, -0.2) is 4.99 Å². The number of nitrogens with zero attached hydrogens (tertiary/aromatic N) is 2. The number of guanidine groups is 1. The number of hydrogen-bond donors (Lipinski definition) is 2. The number of aryl methyl sites for hydroxylation is 1. The van der Waals surface area contributed by atoms with Crippen LogP contribution in [0, 0.1) is 6.92 Å². The van der Waals surface area contributed by atoms with Crippen molar-refractivity contribution >= 4 is 27.8 Å². The second-order valence-electron chi connectivity index (χ2n) is 6.25. The zero-order valence-electron chi connectivity index (χ0n) is 15.5. The third-order valence-electron chi connectivity index (χ3n) is 3.78. The number of carbonyl (C=O) groups is 1. The van der Waals surface area contributed by atoms with Crippen LogP contribution in [-0.4, -0.2) is 37.4 Å². The number of aliphatic imine (C=N–C) groups is 1. The molecule has 26 heavy (non-hydrogen) atoms. The van der Waals surface area contributed by atoms with Crippen LogP contribution in [0.15, 0.2) is 50.3 Å². The molecular formula is C19H25BrN4O2. The smallest absolute Gasteiger partial charge is 0.241 e. The standard InChI is InChI=1S/C19H25BrN4O2/c1-13-5-10-17(26-13)14(2)23-19(22-12-18(25)24(3)4)21-11-15-6-8-16(20)9-7-15/h5-10,14H,11-12H2,1-4H3,(H2,21,22,23). The molecule has 0 aliphatic carbocycles. The highest BCUT2D eigenvalue weighted by atomic mass is 79.9. The van der Waals surface area contributed by atoms with Crippen molar-refractivity contribution in [3.63, 3.8) is 0 Å². The highest BCUT2D eigenvalue weighted by molar-refractivity contribution is 9.10. The van der Waals surface area contributed by atoms with Gasteiger partial charge in [-0.15, -0.1) is 0 Å². The van der Waals surface area contributed by atoms with E-state index < -0.39 is 0 Å². The second-order valence-corrected chi connectivity index (χ2v) is 7.16. The number of rotatable bonds is 6. The van der Waals surface area contributed by atoms with Crippen LogP contribution >= 0.6 is 15.9 Å². The van der Waals surface area contributed by atoms with Crippen molar-refractivity contribution in [2.24, 2.45) is 4.99 Å². The molecule has 140 valence electrons. The van der Waals surface area contributed by atoms with Crippen molar-refractivity contribution in [2.75, 3.05) is 20.6 Å². The molecule has 0 saturated carbocycles. The van der Waals surface area contributed by atoms with Crippen LogP contribution in [0.5, 0.6) is 0 Å². The Labute approximate surface area is 162 Å². The molecule has 2 aromatic rings. The van der Waals surface area contributed by atoms with Gasteiger partial charge in [0.05, 0.1) is 19.1 Å². The number of nitrogens with one attached hydrogen (secondary N) is 2. The first-order valence-electron chi connectivity index (χ1n) is 8.41. The first kappa shape index (κ1) is 20.0. The summed E-state index contributed by atoms with van der Waals surface area (Å²) in [6.07, 6.45) is 0. The Morgan fingerprint density at radius 2 is 1.92 bits per heavy atom. The van der Waals surface area contributed by atoms with Crippen LogP contribution in [0.25, 0.3) is 0 Å². The van der Waals surface area contributed by atoms with Crippen LogP contribution in [0.2, 0.25) is 0 Å². The summed E-state index contributed by atoms with van der Waals surface area (Å²) in [5, 5.41) is 6.37. The highest BCUT2D eigenvalue weighted by Gasteiger charge is 2.13. The van der Waals surface area contributed by atoms with E-state index in [0.717, 1.165) is 21.6 Å². The molecule has 0 fully saturated rings. The van der Waals surface area contributed by atoms with E-state index in [0.29, 0.717) is 12.5 Å². The maximum Gasteiger partial charge on any atom is 0.241 e. The van der Waals surface area contributed by atoms with Gasteiger partial charge in [0.15, 0.2) is 5.96 Å². The minimum Gasteiger partial charge on any atom is -0.464 e. The van der Waals surface area contributed by atoms with Gasteiger partial charge >= 0.3 is 0 Å². The molecule has 0 radical (unpaired) electrons. The fraction of sp³-hybridized carbons (Fsp3) is 0.368. The lowest BCUT2D eigenvalue weighted by atomic mass is 10.2. The van der Waals surface area contributed by atoms with Crippen LogP contribution in [0.3, 0.4) is 0 Å². The van der Waals surface area contributed by atoms with E-state index in [4.69, 9.17) is 4.42 Å². The molecule has 7 heteroatoms. The number of carbonyl (C=O) groups excluding carboxylic acids is 1. The zero-order chi connectivity index (χ0) is 19.1. The summed E-state index contributed by atoms with van der Waals surface area (Å²) < 4.78 is 6.69. The minimum atomic E-state index is -0.0747. The molecule has 2 N–H and O–H groups in total. The van der Waals surface area contributed by atoms with Crippen molar-refractivity contribution in [1.29, 1.82) is 0 Å². The molecule has 2 rings (SSSR count). The highest BCUT2D eigenvalue weighted by Crippen LogP contribution is 2.15. The molecular weight excluding hydrogens is 396 g/mol. The van der Waals surface area contributed by atoms with E-state index in [2.05, 4.69) is 31.6 Å². The van der Waals surface area contributed by atoms with Gasteiger partial charge in [-0.3, -0.25) is 4.79 Å². The van der Waals surface area contributed by atoms with Crippen molar-refractivity contribution in [3.05, 3.63) is 58.0 Å². The lowest BCUT2D eigenvalue weighted by molar-refractivity contribution is -0.127. The van der Waals surface area contributed by atoms with Crippen LogP contribution in [-0.2, 0) is 11.3 Å². The van der Waals surface area contributed by atoms with E-state index in [1.165, 1.54) is 0 Å². The molecule has 1 amide bonds. The summed E-state index contributed by atoms with van der Waals surface area (Å²) in [6.45, 7) is 4.57. The van der Waals surface area contributed by atoms with Gasteiger partial charge < -0.3 is 20.0 Å². The summed E-state index contributed by atoms with van der Waals surface area (Å²) in [4.78, 5) is 18.0. The predicted molar refractivity (Wildman–Crippen MR) is 107 cm³/mol. The molecule has 1 heterocycles. The number of hydrogen-bond acceptors (Lipinski definition) is 3. The molecule has 1 unspecified atom stereocenters. The molecule has 1 aromatic carbocycles. The SMILES string of the molecule is Cc1ccc(C(C)NC(=NCc2ccc(Br)cc2)NCC(=O)N(C)C)o1. The van der Waals surface area contributed by atoms with Crippen LogP contribution in [0.1, 0.15) is 30.0 Å². The quantitative estimate of drug-likeness (QED) is 0.555. The molecule has 0 aliphatic heterocycles. The fourth-order valence-corrected chi connectivity index (χ4v) is 2.46. The monoisotopic (exact) mass is 420 g/mol. The average Bonchev–Trinajstić information content (AvgIpc) is 3.04. The van der Waals surface area contributed by atoms with Gasteiger partial charge in [0.1, 0.15) is 11.5 Å². The van der Waals surface area contributed by atoms with Crippen molar-refractivity contribution in [1.82, 2.24) is 15.5 Å². The Bertz CT molecular complexity index is 753. The van der Waals surface area contributed by atoms with Crippen molar-refractivity contribution in [3.8, 4) is 0 Å². The summed E-state index contributed by atoms with van der Waals surface area (Å²) in [5.41, 5.74) is 1.08. The summed E-state index contributed by atoms with van der Waals surface area (Å²) >= 11 is 3.43. The lowest BCUT2D eigenvalue weighted by Crippen LogP contribution is -2.43. The maximum absolute atomic E-state index is 11.9. The Morgan fingerprint density at radius 1 is 1.23 bits per heavy atom. The molecule has 1 aromatic heterocycles. The molecule has 0 bridgehead atoms. The Kier molecular flexibility index (Phi) is 7.26. The number of furan rings is 1. The van der Waals surface area contributed by atoms with Gasteiger partial charge in [-0.05, 0) is 43.7 Å². The van der Waals surface area contributed by atoms with Gasteiger partial charge in [0.2, 0.25) is 5.91 Å². The first-order valence-corrected chi connectivity index (χ1v) is 9.20. The van der Waals surface area contributed by atoms with E-state index in [9.17, 15) is 4.79 Å². The largest absolute Gasteiger partial charge is 0.464 e. The normalized spacial score (nSPS) is 12.6. The first-order chi connectivity index (χ1) is 12.3. The van der Waals surface area contributed by atoms with Crippen LogP contribution < -0.4 is 10.6 Å². The zero-order valence-corrected chi connectivity index (χ0v) is 17.1. The number of likely N-dealkylation sites (N-methyl/N-ethyl adjacent to an activating group) is 1. The fourth-order valence-electron chi connectivity index (χ4n) is 2.19. The summed E-state index contributed by atoms with van der Waals surface area (Å²) in [5.74, 6) is 2.21. The molecule has 0 aliphatic rings. The van der Waals surface area contributed by atoms with E-state index in [-0.39, 0.29) is 18.5 Å². The lowest BCUT2D eigenvalue weighted by Gasteiger charge is -2.18. The second kappa shape index (κ2) is 9.43. The Hall–Kier alpha value is -2.28. The maximum atomic E-state index is 11.9. The number of halogens is 1. The molecule has 1 atom stereocenters. The predicted octanol–water partition coefficient (Wildman–Crippen LogP) is 3.24. The Morgan fingerprint density at radius 3 is 2.50 bits per heavy atom. The molecule has 6 nitrogen and oxygen atoms in total. The summed E-state index contributed by atoms with van der Waals surface area (Å²) in [7, 11) is 3.45. The van der Waals surface area contributed by atoms with Crippen LogP contribution in [0.4, 0.5) is 0 Å². The van der Waals surface area contributed by atoms with Gasteiger partial charge in [0, 0.05) is 18.6 Å². The molecule has 0 spiro atoms. The molecule has 0 saturated heterocycles. The average molecular weight is 421 g/mol. The third kappa shape index (κ3) is 6.22. The van der Waals surface area contributed by atoms with E-state index in [1.807, 2.05) is 50.2 Å². The minimum absolute atomic E-state index is 0.0235. The van der Waals surface area contributed by atoms with E-state index >= 15 is 0 Å². The number of benzene rings is 1. The third-order valence-corrected chi connectivity index (χ3v) is 4.31. The van der Waals surface area contributed by atoms with Crippen molar-refractivity contribution in [2.45, 2.75) is 26.4 Å².